The highest BCUT2D eigenvalue weighted by Crippen LogP contribution is 2.40. The van der Waals surface area contributed by atoms with E-state index in [1.165, 1.54) is 23.9 Å². The maximum atomic E-state index is 14.0. The quantitative estimate of drug-likeness (QED) is 0.768. The minimum absolute atomic E-state index is 0.0560. The first-order valence-electron chi connectivity index (χ1n) is 8.03. The minimum Gasteiger partial charge on any atom is -0.326 e. The summed E-state index contributed by atoms with van der Waals surface area (Å²) in [6.45, 7) is 9.19. The minimum atomic E-state index is -0.592. The van der Waals surface area contributed by atoms with Gasteiger partial charge in [0.1, 0.15) is 17.0 Å². The highest BCUT2D eigenvalue weighted by atomic mass is 32.2. The van der Waals surface area contributed by atoms with Crippen molar-refractivity contribution in [1.29, 1.82) is 0 Å². The van der Waals surface area contributed by atoms with E-state index in [2.05, 4.69) is 27.7 Å². The number of thioether (sulfide) groups is 1. The summed E-state index contributed by atoms with van der Waals surface area (Å²) in [5.74, 6) is -0.0518. The van der Waals surface area contributed by atoms with Crippen LogP contribution < -0.4 is 0 Å². The number of carbonyl (C=O) groups is 1. The maximum Gasteiger partial charge on any atom is 0.224 e. The van der Waals surface area contributed by atoms with Crippen LogP contribution in [0.5, 0.6) is 0 Å². The van der Waals surface area contributed by atoms with E-state index in [1.54, 1.807) is 4.90 Å². The number of hydrogen-bond donors (Lipinski definition) is 0. The first kappa shape index (κ1) is 18.2. The van der Waals surface area contributed by atoms with Crippen molar-refractivity contribution in [3.05, 3.63) is 35.4 Å². The van der Waals surface area contributed by atoms with Gasteiger partial charge in [-0.05, 0) is 23.8 Å². The van der Waals surface area contributed by atoms with Crippen LogP contribution in [0.15, 0.2) is 18.2 Å². The molecule has 0 radical (unpaired) electrons. The molecule has 1 fully saturated rings. The van der Waals surface area contributed by atoms with Crippen LogP contribution in [0.1, 0.15) is 51.5 Å². The second-order valence-corrected chi connectivity index (χ2v) is 8.74. The summed E-state index contributed by atoms with van der Waals surface area (Å²) in [6, 6.07) is 3.59. The van der Waals surface area contributed by atoms with Gasteiger partial charge < -0.3 is 4.90 Å². The smallest absolute Gasteiger partial charge is 0.224 e. The molecule has 1 aromatic carbocycles. The van der Waals surface area contributed by atoms with Gasteiger partial charge in [-0.15, -0.1) is 11.8 Å². The summed E-state index contributed by atoms with van der Waals surface area (Å²) < 4.78 is 27.1. The van der Waals surface area contributed by atoms with Gasteiger partial charge in [-0.2, -0.15) is 0 Å². The molecule has 0 aromatic heterocycles. The third-order valence-corrected chi connectivity index (χ3v) is 5.17. The molecule has 1 aromatic rings. The Morgan fingerprint density at radius 3 is 2.70 bits per heavy atom. The van der Waals surface area contributed by atoms with Crippen molar-refractivity contribution < 1.29 is 13.6 Å². The predicted octanol–water partition coefficient (Wildman–Crippen LogP) is 5.00. The normalized spacial score (nSPS) is 19.9. The molecular weight excluding hydrogens is 316 g/mol. The average molecular weight is 341 g/mol. The van der Waals surface area contributed by atoms with Crippen molar-refractivity contribution in [3.63, 3.8) is 0 Å². The summed E-state index contributed by atoms with van der Waals surface area (Å²) in [5.41, 5.74) is 0.577. The standard InChI is InChI=1S/C18H25F2NOS/c1-12(11-18(2,3)4)9-16(22)21-7-8-23-17(21)14-6-5-13(19)10-15(14)20/h5-6,10,12,17H,7-9,11H2,1-4H3. The van der Waals surface area contributed by atoms with Gasteiger partial charge >= 0.3 is 0 Å². The largest absolute Gasteiger partial charge is 0.326 e. The molecule has 128 valence electrons. The zero-order valence-electron chi connectivity index (χ0n) is 14.2. The molecule has 2 nitrogen and oxygen atoms in total. The first-order valence-corrected chi connectivity index (χ1v) is 9.08. The topological polar surface area (TPSA) is 20.3 Å². The lowest BCUT2D eigenvalue weighted by Gasteiger charge is -2.28. The van der Waals surface area contributed by atoms with Crippen LogP contribution >= 0.6 is 11.8 Å². The van der Waals surface area contributed by atoms with Gasteiger partial charge in [-0.3, -0.25) is 4.79 Å². The van der Waals surface area contributed by atoms with Crippen LogP contribution in [-0.2, 0) is 4.79 Å². The van der Waals surface area contributed by atoms with Crippen LogP contribution in [0.2, 0.25) is 0 Å². The number of rotatable bonds is 4. The second kappa shape index (κ2) is 7.20. The second-order valence-electron chi connectivity index (χ2n) is 7.55. The lowest BCUT2D eigenvalue weighted by molar-refractivity contribution is -0.132. The van der Waals surface area contributed by atoms with Crippen molar-refractivity contribution in [1.82, 2.24) is 4.90 Å². The Balaban J connectivity index is 2.07. The average Bonchev–Trinajstić information content (AvgIpc) is 2.85. The number of carbonyl (C=O) groups excluding carboxylic acids is 1. The molecule has 0 bridgehead atoms. The molecule has 2 rings (SSSR count). The molecule has 0 aliphatic carbocycles. The van der Waals surface area contributed by atoms with Gasteiger partial charge in [0, 0.05) is 30.3 Å². The van der Waals surface area contributed by atoms with Crippen LogP contribution in [0, 0.1) is 23.0 Å². The van der Waals surface area contributed by atoms with Crippen molar-refractivity contribution in [3.8, 4) is 0 Å². The summed E-state index contributed by atoms with van der Waals surface area (Å²) >= 11 is 1.53. The fourth-order valence-corrected chi connectivity index (χ4v) is 4.52. The van der Waals surface area contributed by atoms with E-state index in [0.717, 1.165) is 18.2 Å². The molecule has 5 heteroatoms. The number of nitrogens with zero attached hydrogens (tertiary/aromatic N) is 1. The van der Waals surface area contributed by atoms with Crippen LogP contribution in [0.25, 0.3) is 0 Å². The van der Waals surface area contributed by atoms with Gasteiger partial charge in [0.05, 0.1) is 0 Å². The molecule has 1 amide bonds. The van der Waals surface area contributed by atoms with Crippen molar-refractivity contribution >= 4 is 17.7 Å². The Kier molecular flexibility index (Phi) is 5.71. The predicted molar refractivity (Wildman–Crippen MR) is 91.1 cm³/mol. The molecular formula is C18H25F2NOS. The van der Waals surface area contributed by atoms with E-state index in [1.807, 2.05) is 0 Å². The molecule has 0 N–H and O–H groups in total. The lowest BCUT2D eigenvalue weighted by atomic mass is 9.84. The molecule has 0 spiro atoms. The molecule has 2 unspecified atom stereocenters. The number of hydrogen-bond acceptors (Lipinski definition) is 2. The van der Waals surface area contributed by atoms with E-state index in [-0.39, 0.29) is 22.6 Å². The Morgan fingerprint density at radius 2 is 2.09 bits per heavy atom. The maximum absolute atomic E-state index is 14.0. The van der Waals surface area contributed by atoms with E-state index in [4.69, 9.17) is 0 Å². The van der Waals surface area contributed by atoms with Gasteiger partial charge in [-0.25, -0.2) is 8.78 Å². The number of halogens is 2. The highest BCUT2D eigenvalue weighted by molar-refractivity contribution is 7.99. The molecule has 1 aliphatic heterocycles. The highest BCUT2D eigenvalue weighted by Gasteiger charge is 2.33. The Morgan fingerprint density at radius 1 is 1.39 bits per heavy atom. The third kappa shape index (κ3) is 4.93. The molecule has 1 aliphatic rings. The van der Waals surface area contributed by atoms with Gasteiger partial charge in [0.25, 0.3) is 0 Å². The molecule has 23 heavy (non-hydrogen) atoms. The molecule has 0 saturated carbocycles. The van der Waals surface area contributed by atoms with E-state index in [9.17, 15) is 13.6 Å². The monoisotopic (exact) mass is 341 g/mol. The SMILES string of the molecule is CC(CC(=O)N1CCSC1c1ccc(F)cc1F)CC(C)(C)C. The fourth-order valence-electron chi connectivity index (χ4n) is 3.22. The third-order valence-electron chi connectivity index (χ3n) is 3.92. The zero-order valence-corrected chi connectivity index (χ0v) is 15.1. The Labute approximate surface area is 141 Å². The number of amides is 1. The summed E-state index contributed by atoms with van der Waals surface area (Å²) in [6.07, 6.45) is 1.44. The van der Waals surface area contributed by atoms with Crippen molar-refractivity contribution in [2.24, 2.45) is 11.3 Å². The zero-order chi connectivity index (χ0) is 17.2. The van der Waals surface area contributed by atoms with Gasteiger partial charge in [0.2, 0.25) is 5.91 Å². The summed E-state index contributed by atoms with van der Waals surface area (Å²) in [5, 5.41) is -0.343. The Bertz CT molecular complexity index is 571. The van der Waals surface area contributed by atoms with Crippen LogP contribution in [0.4, 0.5) is 8.78 Å². The van der Waals surface area contributed by atoms with Gasteiger partial charge in [-0.1, -0.05) is 33.8 Å². The van der Waals surface area contributed by atoms with E-state index < -0.39 is 11.6 Å². The van der Waals surface area contributed by atoms with E-state index in [0.29, 0.717) is 18.5 Å². The lowest BCUT2D eigenvalue weighted by Crippen LogP contribution is -2.32. The number of benzene rings is 1. The van der Waals surface area contributed by atoms with Crippen molar-refractivity contribution in [2.75, 3.05) is 12.3 Å². The molecule has 1 saturated heterocycles. The van der Waals surface area contributed by atoms with Crippen molar-refractivity contribution in [2.45, 2.75) is 45.9 Å². The molecule has 1 heterocycles. The van der Waals surface area contributed by atoms with Gasteiger partial charge in [0.15, 0.2) is 0 Å². The van der Waals surface area contributed by atoms with Crippen LogP contribution in [0.3, 0.4) is 0 Å². The van der Waals surface area contributed by atoms with Crippen LogP contribution in [-0.4, -0.2) is 23.1 Å². The summed E-state index contributed by atoms with van der Waals surface area (Å²) in [4.78, 5) is 14.4. The first-order chi connectivity index (χ1) is 10.7. The molecule has 2 atom stereocenters. The van der Waals surface area contributed by atoms with E-state index >= 15 is 0 Å². The summed E-state index contributed by atoms with van der Waals surface area (Å²) in [7, 11) is 0. The fraction of sp³-hybridized carbons (Fsp3) is 0.611. The Hall–Kier alpha value is -1.10.